The molecule has 2 fully saturated rings. The highest BCUT2D eigenvalue weighted by molar-refractivity contribution is 9.10. The molecule has 3 heterocycles. The summed E-state index contributed by atoms with van der Waals surface area (Å²) in [5.74, 6) is -0.669. The van der Waals surface area contributed by atoms with Gasteiger partial charge in [-0.05, 0) is 32.4 Å². The standard InChI is InChI=1S/C25H31BrN6O6/c1-14-11-31(12-15(2)38-14)25(34)19-7-17(26)8-22(32(35)36)23(19)29-21-13-37-5-4-20(21)30-24(33)16-6-18(27-3)10-28-9-16/h6-10,14-15,20-21,27,29H,4-5,11-13H2,1-3H3,(H,30,33)/t14-,15-,20-,21+/m0/s1. The topological polar surface area (TPSA) is 148 Å². The number of morpholine rings is 1. The van der Waals surface area contributed by atoms with E-state index in [1.807, 2.05) is 13.8 Å². The predicted molar refractivity (Wildman–Crippen MR) is 145 cm³/mol. The van der Waals surface area contributed by atoms with E-state index in [0.717, 1.165) is 0 Å². The molecule has 204 valence electrons. The Balaban J connectivity index is 1.63. The number of carbonyl (C=O) groups excluding carboxylic acids is 2. The number of halogens is 1. The van der Waals surface area contributed by atoms with Gasteiger partial charge in [-0.1, -0.05) is 15.9 Å². The number of amides is 2. The van der Waals surface area contributed by atoms with Crippen LogP contribution in [0, 0.1) is 10.1 Å². The van der Waals surface area contributed by atoms with E-state index in [1.165, 1.54) is 12.3 Å². The van der Waals surface area contributed by atoms with Crippen LogP contribution in [0.2, 0.25) is 0 Å². The number of hydrogen-bond donors (Lipinski definition) is 3. The molecule has 0 aliphatic carbocycles. The van der Waals surface area contributed by atoms with Crippen molar-refractivity contribution in [3.8, 4) is 0 Å². The number of nitro benzene ring substituents is 1. The van der Waals surface area contributed by atoms with Crippen molar-refractivity contribution < 1.29 is 24.0 Å². The summed E-state index contributed by atoms with van der Waals surface area (Å²) in [4.78, 5) is 43.9. The zero-order valence-electron chi connectivity index (χ0n) is 21.4. The Hall–Kier alpha value is -3.29. The normalized spacial score (nSPS) is 23.4. The van der Waals surface area contributed by atoms with Gasteiger partial charge in [0.2, 0.25) is 0 Å². The highest BCUT2D eigenvalue weighted by atomic mass is 79.9. The van der Waals surface area contributed by atoms with Crippen LogP contribution in [-0.2, 0) is 9.47 Å². The van der Waals surface area contributed by atoms with E-state index in [2.05, 4.69) is 36.9 Å². The van der Waals surface area contributed by atoms with Gasteiger partial charge >= 0.3 is 0 Å². The second-order valence-electron chi connectivity index (χ2n) is 9.48. The first kappa shape index (κ1) is 27.7. The van der Waals surface area contributed by atoms with Gasteiger partial charge in [-0.25, -0.2) is 0 Å². The number of benzene rings is 1. The molecule has 0 spiro atoms. The van der Waals surface area contributed by atoms with Crippen molar-refractivity contribution in [1.82, 2.24) is 15.2 Å². The first-order valence-electron chi connectivity index (χ1n) is 12.4. The summed E-state index contributed by atoms with van der Waals surface area (Å²) in [6, 6.07) is 3.68. The number of carbonyl (C=O) groups is 2. The van der Waals surface area contributed by atoms with Gasteiger partial charge in [0, 0.05) is 49.7 Å². The first-order valence-corrected chi connectivity index (χ1v) is 13.2. The van der Waals surface area contributed by atoms with Gasteiger partial charge in [-0.2, -0.15) is 0 Å². The summed E-state index contributed by atoms with van der Waals surface area (Å²) in [6.07, 6.45) is 3.23. The Morgan fingerprint density at radius 2 is 1.89 bits per heavy atom. The smallest absolute Gasteiger partial charge is 0.294 e. The van der Waals surface area contributed by atoms with Crippen molar-refractivity contribution in [3.63, 3.8) is 0 Å². The minimum atomic E-state index is -0.527. The Morgan fingerprint density at radius 3 is 2.58 bits per heavy atom. The second-order valence-corrected chi connectivity index (χ2v) is 10.4. The van der Waals surface area contributed by atoms with Gasteiger partial charge < -0.3 is 30.3 Å². The van der Waals surface area contributed by atoms with E-state index in [1.54, 1.807) is 30.3 Å². The molecule has 2 aliphatic rings. The number of rotatable bonds is 7. The molecule has 2 aliphatic heterocycles. The van der Waals surface area contributed by atoms with Gasteiger partial charge in [0.1, 0.15) is 5.69 Å². The zero-order chi connectivity index (χ0) is 27.4. The van der Waals surface area contributed by atoms with E-state index in [-0.39, 0.29) is 47.6 Å². The van der Waals surface area contributed by atoms with Crippen LogP contribution in [0.5, 0.6) is 0 Å². The van der Waals surface area contributed by atoms with E-state index in [0.29, 0.717) is 41.8 Å². The maximum absolute atomic E-state index is 13.7. The van der Waals surface area contributed by atoms with Crippen molar-refractivity contribution in [2.24, 2.45) is 0 Å². The largest absolute Gasteiger partial charge is 0.387 e. The van der Waals surface area contributed by atoms with Crippen LogP contribution in [0.1, 0.15) is 41.0 Å². The fourth-order valence-corrected chi connectivity index (χ4v) is 5.21. The Kier molecular flexibility index (Phi) is 8.80. The molecule has 13 heteroatoms. The van der Waals surface area contributed by atoms with E-state index in [9.17, 15) is 19.7 Å². The van der Waals surface area contributed by atoms with Crippen molar-refractivity contribution >= 4 is 44.8 Å². The third-order valence-corrected chi connectivity index (χ3v) is 6.97. The van der Waals surface area contributed by atoms with Crippen LogP contribution in [-0.4, -0.2) is 84.3 Å². The molecule has 2 saturated heterocycles. The van der Waals surface area contributed by atoms with Gasteiger partial charge in [-0.3, -0.25) is 24.7 Å². The van der Waals surface area contributed by atoms with Gasteiger partial charge in [-0.15, -0.1) is 0 Å². The summed E-state index contributed by atoms with van der Waals surface area (Å²) in [5.41, 5.74) is 1.07. The first-order chi connectivity index (χ1) is 18.2. The molecule has 1 aromatic carbocycles. The average molecular weight is 591 g/mol. The van der Waals surface area contributed by atoms with Crippen molar-refractivity contribution in [2.75, 3.05) is 44.0 Å². The highest BCUT2D eigenvalue weighted by Crippen LogP contribution is 2.35. The minimum absolute atomic E-state index is 0.0867. The molecule has 3 N–H and O–H groups in total. The molecule has 1 aromatic heterocycles. The third kappa shape index (κ3) is 6.40. The van der Waals surface area contributed by atoms with Crippen LogP contribution in [0.15, 0.2) is 35.1 Å². The number of hydrogen-bond acceptors (Lipinski definition) is 9. The second kappa shape index (κ2) is 12.0. The Labute approximate surface area is 228 Å². The van der Waals surface area contributed by atoms with Crippen molar-refractivity contribution in [2.45, 2.75) is 44.6 Å². The molecular formula is C25H31BrN6O6. The zero-order valence-corrected chi connectivity index (χ0v) is 23.0. The molecule has 2 aromatic rings. The van der Waals surface area contributed by atoms with Crippen molar-refractivity contribution in [3.05, 3.63) is 56.3 Å². The number of nitrogens with one attached hydrogen (secondary N) is 3. The third-order valence-electron chi connectivity index (χ3n) is 6.51. The number of ether oxygens (including phenoxy) is 2. The Bertz CT molecular complexity index is 1200. The van der Waals surface area contributed by atoms with Crippen LogP contribution in [0.4, 0.5) is 17.1 Å². The maximum atomic E-state index is 13.7. The lowest BCUT2D eigenvalue weighted by Gasteiger charge is -2.36. The van der Waals surface area contributed by atoms with Crippen molar-refractivity contribution in [1.29, 1.82) is 0 Å². The SMILES string of the molecule is CNc1cncc(C(=O)N[C@H]2CCOC[C@H]2Nc2c(C(=O)N3C[C@H](C)O[C@@H](C)C3)cc(Br)cc2[N+](=O)[O-])c1. The lowest BCUT2D eigenvalue weighted by atomic mass is 10.0. The maximum Gasteiger partial charge on any atom is 0.294 e. The summed E-state index contributed by atoms with van der Waals surface area (Å²) in [7, 11) is 1.74. The molecule has 4 rings (SSSR count). The molecule has 0 saturated carbocycles. The lowest BCUT2D eigenvalue weighted by molar-refractivity contribution is -0.384. The molecule has 0 bridgehead atoms. The van der Waals surface area contributed by atoms with Crippen LogP contribution >= 0.6 is 15.9 Å². The van der Waals surface area contributed by atoms with Crippen LogP contribution < -0.4 is 16.0 Å². The van der Waals surface area contributed by atoms with Gasteiger partial charge in [0.15, 0.2) is 0 Å². The van der Waals surface area contributed by atoms with E-state index >= 15 is 0 Å². The number of nitrogens with zero attached hydrogens (tertiary/aromatic N) is 3. The quantitative estimate of drug-likeness (QED) is 0.327. The number of nitro groups is 1. The molecule has 12 nitrogen and oxygen atoms in total. The fraction of sp³-hybridized carbons (Fsp3) is 0.480. The monoisotopic (exact) mass is 590 g/mol. The number of anilines is 2. The molecule has 4 atom stereocenters. The summed E-state index contributed by atoms with van der Waals surface area (Å²) >= 11 is 3.32. The average Bonchev–Trinajstić information content (AvgIpc) is 2.89. The molecule has 38 heavy (non-hydrogen) atoms. The fourth-order valence-electron chi connectivity index (χ4n) is 4.76. The molecule has 2 amide bonds. The predicted octanol–water partition coefficient (Wildman–Crippen LogP) is 3.04. The summed E-state index contributed by atoms with van der Waals surface area (Å²) < 4.78 is 11.8. The number of aromatic nitrogens is 1. The highest BCUT2D eigenvalue weighted by Gasteiger charge is 2.34. The van der Waals surface area contributed by atoms with E-state index in [4.69, 9.17) is 9.47 Å². The molecule has 0 unspecified atom stereocenters. The molecular weight excluding hydrogens is 560 g/mol. The van der Waals surface area contributed by atoms with Gasteiger partial charge in [0.05, 0.1) is 52.6 Å². The number of pyridine rings is 1. The molecule has 0 radical (unpaired) electrons. The summed E-state index contributed by atoms with van der Waals surface area (Å²) in [6.45, 7) is 5.10. The van der Waals surface area contributed by atoms with Gasteiger partial charge in [0.25, 0.3) is 17.5 Å². The van der Waals surface area contributed by atoms with E-state index < -0.39 is 17.0 Å². The lowest BCUT2D eigenvalue weighted by Crippen LogP contribution is -2.52. The van der Waals surface area contributed by atoms with Crippen LogP contribution in [0.3, 0.4) is 0 Å². The Morgan fingerprint density at radius 1 is 1.16 bits per heavy atom. The summed E-state index contributed by atoms with van der Waals surface area (Å²) in [5, 5.41) is 21.2. The minimum Gasteiger partial charge on any atom is -0.387 e. The van der Waals surface area contributed by atoms with Crippen LogP contribution in [0.25, 0.3) is 0 Å².